The Balaban J connectivity index is 1.79. The quantitative estimate of drug-likeness (QED) is 0.801. The number of halogens is 1. The summed E-state index contributed by atoms with van der Waals surface area (Å²) in [6.45, 7) is 2.22. The Hall–Kier alpha value is -1.73. The zero-order valence-corrected chi connectivity index (χ0v) is 12.4. The second kappa shape index (κ2) is 5.34. The molecule has 1 aliphatic heterocycles. The third-order valence-electron chi connectivity index (χ3n) is 3.36. The van der Waals surface area contributed by atoms with Gasteiger partial charge in [-0.05, 0) is 27.6 Å². The van der Waals surface area contributed by atoms with Gasteiger partial charge < -0.3 is 5.73 Å². The monoisotopic (exact) mass is 335 g/mol. The standard InChI is InChI=1S/C13H14BrN5O/c14-11-2-1-8(5-16-11)6-19-4-3-10-9(7-19)12(20)18-13(15)17-10/h1-2,5H,3-4,6-7H2,(H3,15,17,18,20). The number of H-pyrrole nitrogens is 1. The molecule has 0 fully saturated rings. The lowest BCUT2D eigenvalue weighted by Gasteiger charge is -2.27. The first kappa shape index (κ1) is 13.3. The van der Waals surface area contributed by atoms with Crippen LogP contribution in [0.1, 0.15) is 16.8 Å². The minimum absolute atomic E-state index is 0.133. The number of nitrogens with zero attached hydrogens (tertiary/aromatic N) is 3. The summed E-state index contributed by atoms with van der Waals surface area (Å²) < 4.78 is 0.821. The average Bonchev–Trinajstić information content (AvgIpc) is 2.42. The lowest BCUT2D eigenvalue weighted by Crippen LogP contribution is -2.35. The molecule has 0 unspecified atom stereocenters. The van der Waals surface area contributed by atoms with Gasteiger partial charge in [0.05, 0.1) is 11.3 Å². The van der Waals surface area contributed by atoms with Gasteiger partial charge in [-0.15, -0.1) is 0 Å². The van der Waals surface area contributed by atoms with Crippen LogP contribution in [0.4, 0.5) is 5.95 Å². The van der Waals surface area contributed by atoms with E-state index in [1.165, 1.54) is 0 Å². The van der Waals surface area contributed by atoms with Gasteiger partial charge in [0, 0.05) is 32.3 Å². The van der Waals surface area contributed by atoms with E-state index in [1.54, 1.807) is 0 Å². The highest BCUT2D eigenvalue weighted by Crippen LogP contribution is 2.17. The van der Waals surface area contributed by atoms with Gasteiger partial charge in [-0.3, -0.25) is 14.7 Å². The number of nitrogens with two attached hydrogens (primary N) is 1. The molecule has 0 spiro atoms. The van der Waals surface area contributed by atoms with E-state index in [9.17, 15) is 4.79 Å². The first-order chi connectivity index (χ1) is 9.61. The van der Waals surface area contributed by atoms with Crippen LogP contribution in [0, 0.1) is 0 Å². The van der Waals surface area contributed by atoms with Gasteiger partial charge in [-0.25, -0.2) is 9.97 Å². The highest BCUT2D eigenvalue weighted by Gasteiger charge is 2.20. The molecule has 0 amide bonds. The van der Waals surface area contributed by atoms with Crippen molar-refractivity contribution in [3.8, 4) is 0 Å². The highest BCUT2D eigenvalue weighted by molar-refractivity contribution is 9.10. The maximum atomic E-state index is 11.9. The van der Waals surface area contributed by atoms with E-state index in [2.05, 4.69) is 35.8 Å². The molecule has 3 rings (SSSR count). The molecule has 0 aromatic carbocycles. The normalized spacial score (nSPS) is 15.1. The number of fused-ring (bicyclic) bond motifs is 1. The van der Waals surface area contributed by atoms with Crippen LogP contribution >= 0.6 is 15.9 Å². The summed E-state index contributed by atoms with van der Waals surface area (Å²) in [5.74, 6) is 0.194. The van der Waals surface area contributed by atoms with Crippen molar-refractivity contribution in [2.24, 2.45) is 0 Å². The molecule has 0 saturated heterocycles. The number of nitrogens with one attached hydrogen (secondary N) is 1. The Morgan fingerprint density at radius 3 is 3.05 bits per heavy atom. The summed E-state index contributed by atoms with van der Waals surface area (Å²) >= 11 is 3.32. The van der Waals surface area contributed by atoms with Crippen LogP contribution in [0.2, 0.25) is 0 Å². The van der Waals surface area contributed by atoms with Gasteiger partial charge in [-0.1, -0.05) is 6.07 Å². The van der Waals surface area contributed by atoms with Crippen LogP contribution < -0.4 is 11.3 Å². The molecule has 104 valence electrons. The van der Waals surface area contributed by atoms with Gasteiger partial charge in [0.25, 0.3) is 5.56 Å². The third-order valence-corrected chi connectivity index (χ3v) is 3.83. The second-order valence-electron chi connectivity index (χ2n) is 4.83. The lowest BCUT2D eigenvalue weighted by molar-refractivity contribution is 0.241. The number of aromatic amines is 1. The Morgan fingerprint density at radius 1 is 1.45 bits per heavy atom. The molecule has 0 radical (unpaired) electrons. The van der Waals surface area contributed by atoms with Crippen LogP contribution in [0.5, 0.6) is 0 Å². The molecule has 0 saturated carbocycles. The van der Waals surface area contributed by atoms with E-state index in [0.717, 1.165) is 40.9 Å². The van der Waals surface area contributed by atoms with Crippen LogP contribution in [-0.4, -0.2) is 26.4 Å². The number of pyridine rings is 1. The van der Waals surface area contributed by atoms with Crippen LogP contribution in [0.25, 0.3) is 0 Å². The topological polar surface area (TPSA) is 87.9 Å². The van der Waals surface area contributed by atoms with Crippen molar-refractivity contribution in [2.75, 3.05) is 12.3 Å². The maximum absolute atomic E-state index is 11.9. The summed E-state index contributed by atoms with van der Waals surface area (Å²) in [6.07, 6.45) is 2.58. The van der Waals surface area contributed by atoms with Gasteiger partial charge >= 0.3 is 0 Å². The minimum Gasteiger partial charge on any atom is -0.369 e. The van der Waals surface area contributed by atoms with Crippen molar-refractivity contribution in [2.45, 2.75) is 19.5 Å². The number of hydrogen-bond donors (Lipinski definition) is 2. The molecule has 6 nitrogen and oxygen atoms in total. The van der Waals surface area contributed by atoms with Gasteiger partial charge in [0.15, 0.2) is 0 Å². The van der Waals surface area contributed by atoms with Crippen molar-refractivity contribution in [1.82, 2.24) is 19.9 Å². The van der Waals surface area contributed by atoms with E-state index >= 15 is 0 Å². The minimum atomic E-state index is -0.133. The molecule has 2 aromatic heterocycles. The molecule has 3 N–H and O–H groups in total. The molecular formula is C13H14BrN5O. The summed E-state index contributed by atoms with van der Waals surface area (Å²) in [5.41, 5.74) is 8.08. The molecule has 1 aliphatic rings. The lowest BCUT2D eigenvalue weighted by atomic mass is 10.1. The summed E-state index contributed by atoms with van der Waals surface area (Å²) in [6, 6.07) is 3.94. The summed E-state index contributed by atoms with van der Waals surface area (Å²) in [5, 5.41) is 0. The molecule has 20 heavy (non-hydrogen) atoms. The molecule has 0 bridgehead atoms. The number of anilines is 1. The predicted octanol–water partition coefficient (Wildman–Crippen LogP) is 1.07. The number of aromatic nitrogens is 3. The number of nitrogen functional groups attached to an aromatic ring is 1. The largest absolute Gasteiger partial charge is 0.369 e. The van der Waals surface area contributed by atoms with Crippen LogP contribution in [0.15, 0.2) is 27.7 Å². The molecule has 3 heterocycles. The van der Waals surface area contributed by atoms with E-state index in [-0.39, 0.29) is 11.5 Å². The van der Waals surface area contributed by atoms with Crippen molar-refractivity contribution in [3.05, 3.63) is 50.1 Å². The van der Waals surface area contributed by atoms with E-state index < -0.39 is 0 Å². The fourth-order valence-corrected chi connectivity index (χ4v) is 2.63. The summed E-state index contributed by atoms with van der Waals surface area (Å²) in [4.78, 5) is 25.1. The van der Waals surface area contributed by atoms with Crippen LogP contribution in [-0.2, 0) is 19.5 Å². The third kappa shape index (κ3) is 2.73. The van der Waals surface area contributed by atoms with E-state index in [4.69, 9.17) is 5.73 Å². The SMILES string of the molecule is Nc1nc2c(c(=O)[nH]1)CN(Cc1ccc(Br)nc1)CC2. The van der Waals surface area contributed by atoms with Crippen molar-refractivity contribution in [3.63, 3.8) is 0 Å². The van der Waals surface area contributed by atoms with Crippen molar-refractivity contribution < 1.29 is 0 Å². The smallest absolute Gasteiger partial charge is 0.257 e. The fourth-order valence-electron chi connectivity index (χ4n) is 2.39. The van der Waals surface area contributed by atoms with E-state index in [0.29, 0.717) is 6.54 Å². The van der Waals surface area contributed by atoms with Crippen molar-refractivity contribution in [1.29, 1.82) is 0 Å². The van der Waals surface area contributed by atoms with E-state index in [1.807, 2.05) is 18.3 Å². The average molecular weight is 336 g/mol. The van der Waals surface area contributed by atoms with Gasteiger partial charge in [0.1, 0.15) is 4.60 Å². The molecule has 2 aromatic rings. The number of hydrogen-bond acceptors (Lipinski definition) is 5. The van der Waals surface area contributed by atoms with Gasteiger partial charge in [0.2, 0.25) is 5.95 Å². The summed E-state index contributed by atoms with van der Waals surface area (Å²) in [7, 11) is 0. The predicted molar refractivity (Wildman–Crippen MR) is 79.0 cm³/mol. The van der Waals surface area contributed by atoms with Gasteiger partial charge in [-0.2, -0.15) is 0 Å². The first-order valence-electron chi connectivity index (χ1n) is 6.32. The maximum Gasteiger partial charge on any atom is 0.257 e. The molecule has 0 atom stereocenters. The Labute approximate surface area is 124 Å². The molecule has 7 heteroatoms. The highest BCUT2D eigenvalue weighted by atomic mass is 79.9. The Morgan fingerprint density at radius 2 is 2.30 bits per heavy atom. The fraction of sp³-hybridized carbons (Fsp3) is 0.308. The second-order valence-corrected chi connectivity index (χ2v) is 5.64. The first-order valence-corrected chi connectivity index (χ1v) is 7.11. The van der Waals surface area contributed by atoms with Crippen LogP contribution in [0.3, 0.4) is 0 Å². The Kier molecular flexibility index (Phi) is 3.54. The van der Waals surface area contributed by atoms with Crippen molar-refractivity contribution >= 4 is 21.9 Å². The Bertz CT molecular complexity index is 682. The molecular weight excluding hydrogens is 322 g/mol. The number of rotatable bonds is 2. The zero-order chi connectivity index (χ0) is 14.1. The molecule has 0 aliphatic carbocycles. The zero-order valence-electron chi connectivity index (χ0n) is 10.8.